The summed E-state index contributed by atoms with van der Waals surface area (Å²) in [6.07, 6.45) is 1.82. The molecule has 0 unspecified atom stereocenters. The first-order valence-corrected chi connectivity index (χ1v) is 5.07. The van der Waals surface area contributed by atoms with Crippen LogP contribution in [0.25, 0.3) is 0 Å². The van der Waals surface area contributed by atoms with Crippen molar-refractivity contribution in [3.63, 3.8) is 0 Å². The molecule has 0 atom stereocenters. The number of hydrogen-bond donors (Lipinski definition) is 1. The van der Waals surface area contributed by atoms with Crippen molar-refractivity contribution in [1.82, 2.24) is 5.32 Å². The average molecular weight is 232 g/mol. The second kappa shape index (κ2) is 5.41. The van der Waals surface area contributed by atoms with Gasteiger partial charge in [0.25, 0.3) is 0 Å². The molecule has 70 valence electrons. The van der Waals surface area contributed by atoms with E-state index in [0.717, 1.165) is 4.48 Å². The zero-order chi connectivity index (χ0) is 9.72. The van der Waals surface area contributed by atoms with Crippen molar-refractivity contribution in [2.75, 3.05) is 0 Å². The largest absolute Gasteiger partial charge is 0.385 e. The molecule has 0 aliphatic carbocycles. The second-order valence-corrected chi connectivity index (χ2v) is 4.27. The third-order valence-corrected chi connectivity index (χ3v) is 2.21. The lowest BCUT2D eigenvalue weighted by Gasteiger charge is -2.18. The molecule has 0 saturated carbocycles. The molecule has 0 aromatic rings. The summed E-state index contributed by atoms with van der Waals surface area (Å²) >= 11 is 3.47. The molecular formula is C10H18BrN. The fourth-order valence-corrected chi connectivity index (χ4v) is 1.50. The normalized spacial score (nSPS) is 13.2. The van der Waals surface area contributed by atoms with E-state index in [-0.39, 0.29) is 0 Å². The maximum Gasteiger partial charge on any atom is 0.0361 e. The Balaban J connectivity index is 4.54. The van der Waals surface area contributed by atoms with Crippen LogP contribution in [0.15, 0.2) is 22.8 Å². The van der Waals surface area contributed by atoms with Crippen molar-refractivity contribution in [3.05, 3.63) is 22.8 Å². The van der Waals surface area contributed by atoms with Gasteiger partial charge < -0.3 is 5.32 Å². The monoisotopic (exact) mass is 231 g/mol. The first-order chi connectivity index (χ1) is 5.49. The van der Waals surface area contributed by atoms with Crippen molar-refractivity contribution in [1.29, 1.82) is 0 Å². The Morgan fingerprint density at radius 2 is 1.83 bits per heavy atom. The highest BCUT2D eigenvalue weighted by Gasteiger charge is 2.07. The summed E-state index contributed by atoms with van der Waals surface area (Å²) in [6, 6.07) is 0.467. The summed E-state index contributed by atoms with van der Waals surface area (Å²) in [5, 5.41) is 3.39. The first-order valence-electron chi connectivity index (χ1n) is 4.27. The highest BCUT2D eigenvalue weighted by atomic mass is 79.9. The average Bonchev–Trinajstić information content (AvgIpc) is 1.98. The Morgan fingerprint density at radius 1 is 1.33 bits per heavy atom. The van der Waals surface area contributed by atoms with E-state index in [1.54, 1.807) is 0 Å². The highest BCUT2D eigenvalue weighted by Crippen LogP contribution is 2.18. The minimum atomic E-state index is 0.467. The molecule has 0 fully saturated rings. The van der Waals surface area contributed by atoms with Gasteiger partial charge in [-0.25, -0.2) is 0 Å². The summed E-state index contributed by atoms with van der Waals surface area (Å²) < 4.78 is 1.06. The molecule has 2 heteroatoms. The Labute approximate surface area is 84.1 Å². The van der Waals surface area contributed by atoms with Gasteiger partial charge in [-0.3, -0.25) is 0 Å². The van der Waals surface area contributed by atoms with Crippen LogP contribution in [0, 0.1) is 5.92 Å². The number of hydrogen-bond acceptors (Lipinski definition) is 1. The van der Waals surface area contributed by atoms with E-state index >= 15 is 0 Å². The number of nitrogens with one attached hydrogen (secondary N) is 1. The van der Waals surface area contributed by atoms with Crippen molar-refractivity contribution in [2.24, 2.45) is 5.92 Å². The van der Waals surface area contributed by atoms with Crippen LogP contribution in [0.1, 0.15) is 27.7 Å². The maximum atomic E-state index is 3.73. The van der Waals surface area contributed by atoms with Gasteiger partial charge in [-0.05, 0) is 35.7 Å². The molecule has 0 heterocycles. The summed E-state index contributed by atoms with van der Waals surface area (Å²) in [5.74, 6) is 0.500. The molecule has 0 rings (SSSR count). The van der Waals surface area contributed by atoms with Gasteiger partial charge >= 0.3 is 0 Å². The Hall–Kier alpha value is -0.240. The van der Waals surface area contributed by atoms with Gasteiger partial charge in [0.2, 0.25) is 0 Å². The second-order valence-electron chi connectivity index (χ2n) is 3.42. The third kappa shape index (κ3) is 3.96. The zero-order valence-corrected chi connectivity index (χ0v) is 9.90. The number of halogens is 1. The van der Waals surface area contributed by atoms with E-state index in [1.807, 2.05) is 6.08 Å². The molecule has 0 aromatic carbocycles. The van der Waals surface area contributed by atoms with Crippen LogP contribution in [0.5, 0.6) is 0 Å². The SMILES string of the molecule is C=C/C(Br)=C(/NC(C)C)C(C)C. The van der Waals surface area contributed by atoms with Gasteiger partial charge in [-0.1, -0.05) is 26.5 Å². The Morgan fingerprint density at radius 3 is 2.08 bits per heavy atom. The molecule has 1 N–H and O–H groups in total. The smallest absolute Gasteiger partial charge is 0.0361 e. The third-order valence-electron chi connectivity index (χ3n) is 1.46. The lowest BCUT2D eigenvalue weighted by Crippen LogP contribution is -2.25. The number of rotatable bonds is 4. The van der Waals surface area contributed by atoms with Gasteiger partial charge in [0, 0.05) is 16.2 Å². The molecule has 0 radical (unpaired) electrons. The van der Waals surface area contributed by atoms with Gasteiger partial charge in [-0.15, -0.1) is 0 Å². The van der Waals surface area contributed by atoms with Gasteiger partial charge in [0.1, 0.15) is 0 Å². The highest BCUT2D eigenvalue weighted by molar-refractivity contribution is 9.11. The molecule has 0 aromatic heterocycles. The van der Waals surface area contributed by atoms with Crippen LogP contribution in [-0.2, 0) is 0 Å². The summed E-state index contributed by atoms with van der Waals surface area (Å²) in [6.45, 7) is 12.3. The quantitative estimate of drug-likeness (QED) is 0.732. The van der Waals surface area contributed by atoms with Gasteiger partial charge in [0.05, 0.1) is 0 Å². The minimum absolute atomic E-state index is 0.467. The number of allylic oxidation sites excluding steroid dienone is 3. The van der Waals surface area contributed by atoms with Crippen molar-refractivity contribution in [3.8, 4) is 0 Å². The van der Waals surface area contributed by atoms with Crippen molar-refractivity contribution >= 4 is 15.9 Å². The molecular weight excluding hydrogens is 214 g/mol. The van der Waals surface area contributed by atoms with E-state index in [4.69, 9.17) is 0 Å². The molecule has 0 spiro atoms. The van der Waals surface area contributed by atoms with E-state index in [1.165, 1.54) is 5.70 Å². The maximum absolute atomic E-state index is 3.73. The van der Waals surface area contributed by atoms with E-state index in [2.05, 4.69) is 55.5 Å². The Kier molecular flexibility index (Phi) is 5.31. The van der Waals surface area contributed by atoms with Crippen LogP contribution in [0.4, 0.5) is 0 Å². The lowest BCUT2D eigenvalue weighted by atomic mass is 10.1. The van der Waals surface area contributed by atoms with Crippen LogP contribution in [-0.4, -0.2) is 6.04 Å². The van der Waals surface area contributed by atoms with Crippen LogP contribution >= 0.6 is 15.9 Å². The predicted molar refractivity (Wildman–Crippen MR) is 59.3 cm³/mol. The van der Waals surface area contributed by atoms with E-state index in [9.17, 15) is 0 Å². The van der Waals surface area contributed by atoms with Gasteiger partial charge in [-0.2, -0.15) is 0 Å². The molecule has 12 heavy (non-hydrogen) atoms. The lowest BCUT2D eigenvalue weighted by molar-refractivity contribution is 0.588. The topological polar surface area (TPSA) is 12.0 Å². The fourth-order valence-electron chi connectivity index (χ4n) is 0.932. The standard InChI is InChI=1S/C10H18BrN/c1-6-9(11)10(7(2)3)12-8(4)5/h6-8,12H,1H2,2-5H3/b10-9-. The molecule has 0 aliphatic heterocycles. The molecule has 0 amide bonds. The molecule has 0 saturated heterocycles. The van der Waals surface area contributed by atoms with Crippen LogP contribution in [0.2, 0.25) is 0 Å². The summed E-state index contributed by atoms with van der Waals surface area (Å²) in [7, 11) is 0. The molecule has 1 nitrogen and oxygen atoms in total. The van der Waals surface area contributed by atoms with E-state index < -0.39 is 0 Å². The predicted octanol–water partition coefficient (Wildman–Crippen LogP) is 3.43. The van der Waals surface area contributed by atoms with Crippen LogP contribution in [0.3, 0.4) is 0 Å². The van der Waals surface area contributed by atoms with Gasteiger partial charge in [0.15, 0.2) is 0 Å². The summed E-state index contributed by atoms with van der Waals surface area (Å²) in [4.78, 5) is 0. The van der Waals surface area contributed by atoms with Crippen molar-refractivity contribution in [2.45, 2.75) is 33.7 Å². The minimum Gasteiger partial charge on any atom is -0.385 e. The Bertz CT molecular complexity index is 180. The van der Waals surface area contributed by atoms with Crippen molar-refractivity contribution < 1.29 is 0 Å². The molecule has 0 bridgehead atoms. The van der Waals surface area contributed by atoms with Crippen LogP contribution < -0.4 is 5.32 Å². The van der Waals surface area contributed by atoms with E-state index in [0.29, 0.717) is 12.0 Å². The zero-order valence-electron chi connectivity index (χ0n) is 8.32. The molecule has 0 aliphatic rings. The first kappa shape index (κ1) is 11.8. The fraction of sp³-hybridized carbons (Fsp3) is 0.600. The summed E-state index contributed by atoms with van der Waals surface area (Å²) in [5.41, 5.74) is 1.22.